The van der Waals surface area contributed by atoms with Crippen molar-refractivity contribution in [1.82, 2.24) is 14.9 Å². The van der Waals surface area contributed by atoms with Crippen LogP contribution in [0.3, 0.4) is 0 Å². The molecular formula is C18H29N3O3S2. The van der Waals surface area contributed by atoms with Crippen LogP contribution < -0.4 is 15.4 Å². The van der Waals surface area contributed by atoms with E-state index in [1.165, 1.54) is 5.56 Å². The van der Waals surface area contributed by atoms with Crippen LogP contribution in [0.2, 0.25) is 0 Å². The maximum absolute atomic E-state index is 12.1. The number of nitrogens with one attached hydrogen (secondary N) is 2. The van der Waals surface area contributed by atoms with E-state index in [1.54, 1.807) is 11.4 Å². The number of hydrogen-bond acceptors (Lipinski definition) is 4. The van der Waals surface area contributed by atoms with Gasteiger partial charge in [0.2, 0.25) is 10.0 Å². The Balaban J connectivity index is 1.67. The van der Waals surface area contributed by atoms with E-state index in [4.69, 9.17) is 17.0 Å². The van der Waals surface area contributed by atoms with Gasteiger partial charge in [0, 0.05) is 25.7 Å². The molecule has 0 unspecified atom stereocenters. The second-order valence-corrected chi connectivity index (χ2v) is 8.98. The van der Waals surface area contributed by atoms with Gasteiger partial charge in [0.1, 0.15) is 5.75 Å². The first-order chi connectivity index (χ1) is 12.4. The molecule has 0 atom stereocenters. The zero-order valence-corrected chi connectivity index (χ0v) is 17.2. The molecule has 1 heterocycles. The molecule has 1 aliphatic heterocycles. The summed E-state index contributed by atoms with van der Waals surface area (Å²) in [5.41, 5.74) is 1.22. The third-order valence-corrected chi connectivity index (χ3v) is 6.84. The van der Waals surface area contributed by atoms with Crippen molar-refractivity contribution in [3.63, 3.8) is 0 Å². The van der Waals surface area contributed by atoms with Crippen molar-refractivity contribution in [1.29, 1.82) is 0 Å². The molecule has 0 aromatic heterocycles. The Morgan fingerprint density at radius 3 is 2.50 bits per heavy atom. The molecule has 2 N–H and O–H groups in total. The van der Waals surface area contributed by atoms with E-state index < -0.39 is 10.0 Å². The Morgan fingerprint density at radius 2 is 1.92 bits per heavy atom. The number of methoxy groups -OCH3 is 1. The second kappa shape index (κ2) is 10.1. The zero-order valence-electron chi connectivity index (χ0n) is 15.5. The number of benzene rings is 1. The molecule has 0 amide bonds. The van der Waals surface area contributed by atoms with Gasteiger partial charge in [-0.15, -0.1) is 0 Å². The van der Waals surface area contributed by atoms with Crippen molar-refractivity contribution in [2.45, 2.75) is 38.6 Å². The van der Waals surface area contributed by atoms with Crippen LogP contribution >= 0.6 is 12.2 Å². The first-order valence-electron chi connectivity index (χ1n) is 9.09. The van der Waals surface area contributed by atoms with Gasteiger partial charge >= 0.3 is 0 Å². The number of hydrogen-bond donors (Lipinski definition) is 2. The zero-order chi connectivity index (χ0) is 19.0. The number of ether oxygens (including phenoxy) is 1. The average molecular weight is 400 g/mol. The number of sulfonamides is 1. The molecule has 6 nitrogen and oxygen atoms in total. The van der Waals surface area contributed by atoms with Crippen molar-refractivity contribution < 1.29 is 13.2 Å². The minimum absolute atomic E-state index is 0.226. The second-order valence-electron chi connectivity index (χ2n) is 6.49. The van der Waals surface area contributed by atoms with E-state index in [-0.39, 0.29) is 11.8 Å². The summed E-state index contributed by atoms with van der Waals surface area (Å²) < 4.78 is 30.9. The van der Waals surface area contributed by atoms with E-state index >= 15 is 0 Å². The molecule has 146 valence electrons. The molecule has 0 spiro atoms. The molecule has 0 radical (unpaired) electrons. The molecule has 1 aromatic rings. The van der Waals surface area contributed by atoms with Gasteiger partial charge < -0.3 is 15.4 Å². The fourth-order valence-corrected chi connectivity index (χ4v) is 4.82. The van der Waals surface area contributed by atoms with E-state index in [2.05, 4.69) is 10.6 Å². The lowest BCUT2D eigenvalue weighted by Gasteiger charge is -2.32. The molecule has 26 heavy (non-hydrogen) atoms. The number of nitrogens with zero attached hydrogens (tertiary/aromatic N) is 1. The predicted molar refractivity (Wildman–Crippen MR) is 109 cm³/mol. The molecule has 0 saturated carbocycles. The van der Waals surface area contributed by atoms with Crippen LogP contribution in [0.25, 0.3) is 0 Å². The lowest BCUT2D eigenvalue weighted by molar-refractivity contribution is 0.307. The molecule has 8 heteroatoms. The Hall–Kier alpha value is -1.38. The quantitative estimate of drug-likeness (QED) is 0.651. The van der Waals surface area contributed by atoms with Gasteiger partial charge in [-0.1, -0.05) is 19.1 Å². The summed E-state index contributed by atoms with van der Waals surface area (Å²) in [7, 11) is -1.43. The summed E-state index contributed by atoms with van der Waals surface area (Å²) in [4.78, 5) is 0. The Labute approximate surface area is 162 Å². The largest absolute Gasteiger partial charge is 0.497 e. The van der Waals surface area contributed by atoms with Gasteiger partial charge in [-0.3, -0.25) is 0 Å². The van der Waals surface area contributed by atoms with Crippen LogP contribution in [0.1, 0.15) is 31.7 Å². The number of thiocarbonyl (C=S) groups is 1. The third kappa shape index (κ3) is 6.41. The van der Waals surface area contributed by atoms with E-state index in [9.17, 15) is 8.42 Å². The summed E-state index contributed by atoms with van der Waals surface area (Å²) in [5, 5.41) is 7.16. The smallest absolute Gasteiger partial charge is 0.214 e. The standard InChI is InChI=1S/C18H29N3O3S2/c1-3-14-26(22,23)21-12-9-16(10-13-21)20-18(25)19-11-8-15-4-6-17(24-2)7-5-15/h4-7,16H,3,8-14H2,1-2H3,(H2,19,20,25). The highest BCUT2D eigenvalue weighted by molar-refractivity contribution is 7.89. The molecule has 1 fully saturated rings. The summed E-state index contributed by atoms with van der Waals surface area (Å²) in [5.74, 6) is 1.09. The predicted octanol–water partition coefficient (Wildman–Crippen LogP) is 1.91. The van der Waals surface area contributed by atoms with Gasteiger partial charge in [0.05, 0.1) is 12.9 Å². The first-order valence-corrected chi connectivity index (χ1v) is 11.1. The van der Waals surface area contributed by atoms with Gasteiger partial charge in [0.15, 0.2) is 5.11 Å². The molecule has 1 saturated heterocycles. The summed E-state index contributed by atoms with van der Waals surface area (Å²) in [6.07, 6.45) is 3.09. The van der Waals surface area contributed by atoms with Crippen LogP contribution in [0.15, 0.2) is 24.3 Å². The van der Waals surface area contributed by atoms with Gasteiger partial charge in [-0.2, -0.15) is 0 Å². The van der Waals surface area contributed by atoms with Crippen LogP contribution in [0.5, 0.6) is 5.75 Å². The fourth-order valence-electron chi connectivity index (χ4n) is 3.01. The molecule has 0 aliphatic carbocycles. The van der Waals surface area contributed by atoms with Crippen molar-refractivity contribution >= 4 is 27.4 Å². The fraction of sp³-hybridized carbons (Fsp3) is 0.611. The Kier molecular flexibility index (Phi) is 8.12. The minimum atomic E-state index is -3.09. The van der Waals surface area contributed by atoms with Gasteiger partial charge in [-0.05, 0) is 55.6 Å². The van der Waals surface area contributed by atoms with E-state index in [0.717, 1.165) is 31.6 Å². The Bertz CT molecular complexity index is 669. The van der Waals surface area contributed by atoms with Crippen molar-refractivity contribution in [3.05, 3.63) is 29.8 Å². The first kappa shape index (κ1) is 20.9. The van der Waals surface area contributed by atoms with Gasteiger partial charge in [0.25, 0.3) is 0 Å². The van der Waals surface area contributed by atoms with Crippen molar-refractivity contribution in [2.75, 3.05) is 32.5 Å². The SMILES string of the molecule is CCCS(=O)(=O)N1CCC(NC(=S)NCCc2ccc(OC)cc2)CC1. The molecule has 1 aromatic carbocycles. The van der Waals surface area contributed by atoms with E-state index in [0.29, 0.717) is 24.6 Å². The van der Waals surface area contributed by atoms with Crippen LogP contribution in [0.4, 0.5) is 0 Å². The van der Waals surface area contributed by atoms with Crippen LogP contribution in [-0.2, 0) is 16.4 Å². The van der Waals surface area contributed by atoms with Crippen LogP contribution in [-0.4, -0.2) is 56.4 Å². The summed E-state index contributed by atoms with van der Waals surface area (Å²) in [6, 6.07) is 8.22. The lowest BCUT2D eigenvalue weighted by atomic mass is 10.1. The number of rotatable bonds is 8. The molecule has 2 rings (SSSR count). The monoisotopic (exact) mass is 399 g/mol. The maximum Gasteiger partial charge on any atom is 0.214 e. The average Bonchev–Trinajstić information content (AvgIpc) is 2.63. The maximum atomic E-state index is 12.1. The normalized spacial score (nSPS) is 16.2. The van der Waals surface area contributed by atoms with Crippen molar-refractivity contribution in [2.24, 2.45) is 0 Å². The molecule has 0 bridgehead atoms. The highest BCUT2D eigenvalue weighted by Gasteiger charge is 2.27. The lowest BCUT2D eigenvalue weighted by Crippen LogP contribution is -2.49. The topological polar surface area (TPSA) is 70.7 Å². The summed E-state index contributed by atoms with van der Waals surface area (Å²) >= 11 is 5.36. The number of piperidine rings is 1. The van der Waals surface area contributed by atoms with Gasteiger partial charge in [-0.25, -0.2) is 12.7 Å². The summed E-state index contributed by atoms with van der Waals surface area (Å²) in [6.45, 7) is 3.77. The molecular weight excluding hydrogens is 370 g/mol. The highest BCUT2D eigenvalue weighted by atomic mass is 32.2. The highest BCUT2D eigenvalue weighted by Crippen LogP contribution is 2.15. The third-order valence-electron chi connectivity index (χ3n) is 4.50. The van der Waals surface area contributed by atoms with Crippen LogP contribution in [0, 0.1) is 0 Å². The van der Waals surface area contributed by atoms with Crippen molar-refractivity contribution in [3.8, 4) is 5.75 Å². The Morgan fingerprint density at radius 1 is 1.27 bits per heavy atom. The van der Waals surface area contributed by atoms with E-state index in [1.807, 2.05) is 31.2 Å². The minimum Gasteiger partial charge on any atom is -0.497 e. The molecule has 1 aliphatic rings.